The molecule has 1 saturated heterocycles. The summed E-state index contributed by atoms with van der Waals surface area (Å²) in [4.78, 5) is 14.3. The third kappa shape index (κ3) is 5.46. The Bertz CT molecular complexity index is 301. The van der Waals surface area contributed by atoms with Gasteiger partial charge in [0.05, 0.1) is 5.92 Å². The number of amides is 1. The van der Waals surface area contributed by atoms with Crippen molar-refractivity contribution in [3.05, 3.63) is 0 Å². The number of rotatable bonds is 7. The summed E-state index contributed by atoms with van der Waals surface area (Å²) in [6.45, 7) is 5.71. The van der Waals surface area contributed by atoms with Gasteiger partial charge in [-0.1, -0.05) is 24.9 Å². The van der Waals surface area contributed by atoms with E-state index >= 15 is 0 Å². The van der Waals surface area contributed by atoms with E-state index in [4.69, 9.17) is 10.9 Å². The minimum Gasteiger partial charge on any atom is -0.409 e. The van der Waals surface area contributed by atoms with Gasteiger partial charge >= 0.3 is 0 Å². The maximum Gasteiger partial charge on any atom is 0.230 e. The van der Waals surface area contributed by atoms with Crippen LogP contribution < -0.4 is 11.1 Å². The van der Waals surface area contributed by atoms with Gasteiger partial charge in [-0.15, -0.1) is 0 Å². The average molecular weight is 270 g/mol. The van der Waals surface area contributed by atoms with E-state index in [1.165, 1.54) is 19.3 Å². The fraction of sp³-hybridized carbons (Fsp3) is 0.846. The molecule has 1 unspecified atom stereocenters. The van der Waals surface area contributed by atoms with Gasteiger partial charge in [-0.05, 0) is 32.4 Å². The highest BCUT2D eigenvalue weighted by Crippen LogP contribution is 2.08. The molecule has 0 spiro atoms. The Balaban J connectivity index is 2.31. The molecule has 0 saturated carbocycles. The smallest absolute Gasteiger partial charge is 0.230 e. The van der Waals surface area contributed by atoms with Gasteiger partial charge in [0.15, 0.2) is 5.84 Å². The first-order valence-electron chi connectivity index (χ1n) is 7.16. The molecule has 0 radical (unpaired) electrons. The highest BCUT2D eigenvalue weighted by Gasteiger charge is 2.22. The van der Waals surface area contributed by atoms with Crippen molar-refractivity contribution < 1.29 is 10.0 Å². The SMILES string of the molecule is CCCC(C(=O)NCCN1CCCCC1)C(N)=NO. The van der Waals surface area contributed by atoms with Gasteiger partial charge in [-0.2, -0.15) is 0 Å². The number of hydrogen-bond donors (Lipinski definition) is 3. The number of likely N-dealkylation sites (tertiary alicyclic amines) is 1. The summed E-state index contributed by atoms with van der Waals surface area (Å²) in [5.41, 5.74) is 5.55. The largest absolute Gasteiger partial charge is 0.409 e. The Morgan fingerprint density at radius 3 is 2.68 bits per heavy atom. The molecule has 1 fully saturated rings. The van der Waals surface area contributed by atoms with Gasteiger partial charge in [-0.3, -0.25) is 4.79 Å². The van der Waals surface area contributed by atoms with Gasteiger partial charge in [0.2, 0.25) is 5.91 Å². The average Bonchev–Trinajstić information content (AvgIpc) is 2.45. The fourth-order valence-electron chi connectivity index (χ4n) is 2.42. The highest BCUT2D eigenvalue weighted by molar-refractivity contribution is 6.02. The summed E-state index contributed by atoms with van der Waals surface area (Å²) in [7, 11) is 0. The van der Waals surface area contributed by atoms with Gasteiger partial charge < -0.3 is 21.2 Å². The molecule has 0 aliphatic carbocycles. The molecule has 1 heterocycles. The maximum atomic E-state index is 12.0. The topological polar surface area (TPSA) is 91.0 Å². The van der Waals surface area contributed by atoms with Gasteiger partial charge in [0.1, 0.15) is 0 Å². The van der Waals surface area contributed by atoms with Crippen molar-refractivity contribution in [2.24, 2.45) is 16.8 Å². The Morgan fingerprint density at radius 2 is 2.11 bits per heavy atom. The van der Waals surface area contributed by atoms with Crippen LogP contribution in [0.25, 0.3) is 0 Å². The number of carbonyl (C=O) groups excluding carboxylic acids is 1. The molecular formula is C13H26N4O2. The van der Waals surface area contributed by atoms with E-state index in [0.717, 1.165) is 26.1 Å². The van der Waals surface area contributed by atoms with E-state index in [2.05, 4.69) is 15.4 Å². The molecule has 1 amide bonds. The van der Waals surface area contributed by atoms with Gasteiger partial charge in [0, 0.05) is 13.1 Å². The number of nitrogens with two attached hydrogens (primary N) is 1. The van der Waals surface area contributed by atoms with Crippen LogP contribution in [0, 0.1) is 5.92 Å². The Hall–Kier alpha value is -1.30. The first kappa shape index (κ1) is 15.8. The molecule has 19 heavy (non-hydrogen) atoms. The quantitative estimate of drug-likeness (QED) is 0.275. The lowest BCUT2D eigenvalue weighted by molar-refractivity contribution is -0.123. The van der Waals surface area contributed by atoms with Gasteiger partial charge in [-0.25, -0.2) is 0 Å². The van der Waals surface area contributed by atoms with Crippen LogP contribution in [0.3, 0.4) is 0 Å². The lowest BCUT2D eigenvalue weighted by Crippen LogP contribution is -2.43. The predicted molar refractivity (Wildman–Crippen MR) is 75.1 cm³/mol. The number of hydrogen-bond acceptors (Lipinski definition) is 4. The first-order chi connectivity index (χ1) is 9.19. The number of nitrogens with one attached hydrogen (secondary N) is 1. The number of oxime groups is 1. The number of carbonyl (C=O) groups is 1. The van der Waals surface area contributed by atoms with E-state index in [0.29, 0.717) is 13.0 Å². The first-order valence-corrected chi connectivity index (χ1v) is 7.16. The highest BCUT2D eigenvalue weighted by atomic mass is 16.4. The molecule has 1 atom stereocenters. The molecule has 1 aliphatic rings. The second-order valence-electron chi connectivity index (χ2n) is 5.06. The number of amidine groups is 1. The lowest BCUT2D eigenvalue weighted by Gasteiger charge is -2.26. The molecule has 0 aromatic heterocycles. The summed E-state index contributed by atoms with van der Waals surface area (Å²) < 4.78 is 0. The molecular weight excluding hydrogens is 244 g/mol. The van der Waals surface area contributed by atoms with Crippen molar-refractivity contribution in [3.8, 4) is 0 Å². The monoisotopic (exact) mass is 270 g/mol. The predicted octanol–water partition coefficient (Wildman–Crippen LogP) is 0.751. The number of nitrogens with zero attached hydrogens (tertiary/aromatic N) is 2. The second kappa shape index (κ2) is 8.74. The van der Waals surface area contributed by atoms with Gasteiger partial charge in [0.25, 0.3) is 0 Å². The molecule has 4 N–H and O–H groups in total. The Kier molecular flexibility index (Phi) is 7.25. The zero-order valence-electron chi connectivity index (χ0n) is 11.8. The van der Waals surface area contributed by atoms with E-state index in [1.54, 1.807) is 0 Å². The van der Waals surface area contributed by atoms with Crippen molar-refractivity contribution in [1.82, 2.24) is 10.2 Å². The van der Waals surface area contributed by atoms with Crippen molar-refractivity contribution >= 4 is 11.7 Å². The van der Waals surface area contributed by atoms with Crippen LogP contribution in [0.2, 0.25) is 0 Å². The van der Waals surface area contributed by atoms with Crippen LogP contribution >= 0.6 is 0 Å². The van der Waals surface area contributed by atoms with Crippen LogP contribution in [-0.4, -0.2) is 48.0 Å². The lowest BCUT2D eigenvalue weighted by atomic mass is 10.0. The number of piperidine rings is 1. The molecule has 0 aromatic carbocycles. The van der Waals surface area contributed by atoms with Crippen LogP contribution in [0.5, 0.6) is 0 Å². The van der Waals surface area contributed by atoms with Crippen molar-refractivity contribution in [2.75, 3.05) is 26.2 Å². The zero-order valence-corrected chi connectivity index (χ0v) is 11.8. The van der Waals surface area contributed by atoms with Crippen LogP contribution in [0.4, 0.5) is 0 Å². The minimum atomic E-state index is -0.517. The summed E-state index contributed by atoms with van der Waals surface area (Å²) in [6.07, 6.45) is 5.23. The Morgan fingerprint density at radius 1 is 1.42 bits per heavy atom. The molecule has 0 aromatic rings. The zero-order chi connectivity index (χ0) is 14.1. The molecule has 0 bridgehead atoms. The summed E-state index contributed by atoms with van der Waals surface area (Å²) in [5, 5.41) is 14.5. The third-order valence-electron chi connectivity index (χ3n) is 3.54. The molecule has 6 nitrogen and oxygen atoms in total. The van der Waals surface area contributed by atoms with Crippen molar-refractivity contribution in [3.63, 3.8) is 0 Å². The minimum absolute atomic E-state index is 0.00248. The summed E-state index contributed by atoms with van der Waals surface area (Å²) in [5.74, 6) is -0.664. The summed E-state index contributed by atoms with van der Waals surface area (Å²) >= 11 is 0. The summed E-state index contributed by atoms with van der Waals surface area (Å²) in [6, 6.07) is 0. The van der Waals surface area contributed by atoms with E-state index in [9.17, 15) is 4.79 Å². The van der Waals surface area contributed by atoms with Crippen molar-refractivity contribution in [1.29, 1.82) is 0 Å². The van der Waals surface area contributed by atoms with E-state index in [-0.39, 0.29) is 11.7 Å². The molecule has 110 valence electrons. The van der Waals surface area contributed by atoms with Crippen molar-refractivity contribution in [2.45, 2.75) is 39.0 Å². The van der Waals surface area contributed by atoms with Crippen LogP contribution in [0.15, 0.2) is 5.16 Å². The fourth-order valence-corrected chi connectivity index (χ4v) is 2.42. The second-order valence-corrected chi connectivity index (χ2v) is 5.06. The van der Waals surface area contributed by atoms with Crippen LogP contribution in [-0.2, 0) is 4.79 Å². The molecule has 1 rings (SSSR count). The third-order valence-corrected chi connectivity index (χ3v) is 3.54. The van der Waals surface area contributed by atoms with Crippen LogP contribution in [0.1, 0.15) is 39.0 Å². The normalized spacial score (nSPS) is 19.1. The van der Waals surface area contributed by atoms with E-state index in [1.807, 2.05) is 6.92 Å². The van der Waals surface area contributed by atoms with E-state index < -0.39 is 5.92 Å². The standard InChI is InChI=1S/C13H26N4O2/c1-2-6-11(12(14)16-19)13(18)15-7-10-17-8-4-3-5-9-17/h11,19H,2-10H2,1H3,(H2,14,16)(H,15,18). The Labute approximate surface area is 115 Å². The molecule has 6 heteroatoms. The maximum absolute atomic E-state index is 12.0. The molecule has 1 aliphatic heterocycles.